The minimum Gasteiger partial charge on any atom is -0.367 e. The van der Waals surface area contributed by atoms with Crippen molar-refractivity contribution in [2.45, 2.75) is 6.23 Å². The van der Waals surface area contributed by atoms with Crippen LogP contribution in [-0.4, -0.2) is 33.9 Å². The summed E-state index contributed by atoms with van der Waals surface area (Å²) in [5, 5.41) is 11.8. The number of carbonyl (C=O) groups excluding carboxylic acids is 3. The van der Waals surface area contributed by atoms with Crippen molar-refractivity contribution in [3.8, 4) is 0 Å². The molecule has 0 fully saturated rings. The van der Waals surface area contributed by atoms with Crippen LogP contribution in [0.25, 0.3) is 0 Å². The smallest absolute Gasteiger partial charge is 0.272 e. The summed E-state index contributed by atoms with van der Waals surface area (Å²) in [7, 11) is 0. The van der Waals surface area contributed by atoms with Gasteiger partial charge in [-0.25, -0.2) is 9.37 Å². The van der Waals surface area contributed by atoms with Crippen LogP contribution in [-0.2, 0) is 0 Å². The first-order chi connectivity index (χ1) is 10.9. The lowest BCUT2D eigenvalue weighted by molar-refractivity contribution is 0.0605. The van der Waals surface area contributed by atoms with E-state index in [1.165, 1.54) is 30.3 Å². The Morgan fingerprint density at radius 2 is 1.70 bits per heavy atom. The molecule has 0 unspecified atom stereocenters. The highest BCUT2D eigenvalue weighted by Crippen LogP contribution is 2.06. The van der Waals surface area contributed by atoms with E-state index in [1.54, 1.807) is 0 Å². The highest BCUT2D eigenvalue weighted by molar-refractivity contribution is 6.03. The molecule has 0 aliphatic carbocycles. The van der Waals surface area contributed by atoms with E-state index in [1.807, 2.05) is 5.32 Å². The third-order valence-electron chi connectivity index (χ3n) is 2.88. The van der Waals surface area contributed by atoms with Crippen molar-refractivity contribution in [2.75, 3.05) is 0 Å². The summed E-state index contributed by atoms with van der Waals surface area (Å²) in [5.41, 5.74) is 4.76. The first-order valence-corrected chi connectivity index (χ1v) is 6.44. The van der Waals surface area contributed by atoms with Gasteiger partial charge in [0.05, 0.1) is 0 Å². The minimum atomic E-state index is -1.84. The molecule has 2 aromatic rings. The highest BCUT2D eigenvalue weighted by Gasteiger charge is 2.21. The summed E-state index contributed by atoms with van der Waals surface area (Å²) in [6, 6.07) is 8.46. The molecule has 0 radical (unpaired) electrons. The average Bonchev–Trinajstić information content (AvgIpc) is 2.54. The summed E-state index contributed by atoms with van der Waals surface area (Å²) in [6.45, 7) is 0. The Morgan fingerprint density at radius 1 is 1.09 bits per heavy atom. The van der Waals surface area contributed by atoms with Gasteiger partial charge < -0.3 is 16.2 Å². The Bertz CT molecular complexity index is 762. The first kappa shape index (κ1) is 16.2. The monoisotopic (exact) mass is 317 g/mol. The van der Waals surface area contributed by atoms with E-state index >= 15 is 0 Å². The predicted octanol–water partition coefficient (Wildman–Crippen LogP) is 0.251. The number of benzene rings is 1. The Morgan fingerprint density at radius 3 is 2.30 bits per heavy atom. The minimum absolute atomic E-state index is 0.0260. The van der Waals surface area contributed by atoms with Crippen LogP contribution in [0.15, 0.2) is 42.5 Å². The Kier molecular flexibility index (Phi) is 4.77. The molecule has 2 amide bonds. The van der Waals surface area contributed by atoms with Gasteiger partial charge in [0.15, 0.2) is 6.23 Å². The molecule has 118 valence electrons. The molecular formula is C15H12FN3O4. The fourth-order valence-electron chi connectivity index (χ4n) is 1.73. The lowest BCUT2D eigenvalue weighted by Crippen LogP contribution is -2.41. The average molecular weight is 317 g/mol. The van der Waals surface area contributed by atoms with Crippen LogP contribution in [0, 0.1) is 5.82 Å². The summed E-state index contributed by atoms with van der Waals surface area (Å²) in [5.74, 6) is -3.03. The van der Waals surface area contributed by atoms with Crippen LogP contribution in [0.5, 0.6) is 0 Å². The first-order valence-electron chi connectivity index (χ1n) is 6.44. The Balaban J connectivity index is 2.10. The van der Waals surface area contributed by atoms with Crippen LogP contribution in [0.2, 0.25) is 0 Å². The molecule has 1 atom stereocenters. The number of nitrogens with two attached hydrogens (primary N) is 1. The van der Waals surface area contributed by atoms with Crippen molar-refractivity contribution in [2.24, 2.45) is 5.73 Å². The third kappa shape index (κ3) is 3.95. The highest BCUT2D eigenvalue weighted by atomic mass is 19.1. The second-order valence-corrected chi connectivity index (χ2v) is 4.52. The van der Waals surface area contributed by atoms with Crippen LogP contribution in [0.4, 0.5) is 4.39 Å². The fraction of sp³-hybridized carbons (Fsp3) is 0.0667. The van der Waals surface area contributed by atoms with Gasteiger partial charge in [-0.3, -0.25) is 14.4 Å². The van der Waals surface area contributed by atoms with Gasteiger partial charge in [-0.2, -0.15) is 0 Å². The second kappa shape index (κ2) is 6.75. The number of hydrogen-bond acceptors (Lipinski definition) is 5. The standard InChI is InChI=1S/C15H12FN3O4/c16-9-6-4-8(5-7-9)12(20)15(23)19-14(22)11-3-1-2-10(18-11)13(17)21/h1-7,15,23H,(H2,17,21)(H,19,22)/t15-/m0/s1. The maximum Gasteiger partial charge on any atom is 0.272 e. The molecule has 1 aromatic carbocycles. The van der Waals surface area contributed by atoms with Gasteiger partial charge in [0.1, 0.15) is 17.2 Å². The molecule has 0 saturated heterocycles. The molecule has 0 bridgehead atoms. The van der Waals surface area contributed by atoms with Crippen LogP contribution < -0.4 is 11.1 Å². The van der Waals surface area contributed by atoms with Crippen molar-refractivity contribution < 1.29 is 23.9 Å². The zero-order chi connectivity index (χ0) is 17.0. The van der Waals surface area contributed by atoms with Crippen molar-refractivity contribution in [3.05, 3.63) is 65.2 Å². The zero-order valence-electron chi connectivity index (χ0n) is 11.7. The molecule has 0 aliphatic rings. The number of hydrogen-bond donors (Lipinski definition) is 3. The Hall–Kier alpha value is -3.13. The number of ketones is 1. The molecular weight excluding hydrogens is 305 g/mol. The van der Waals surface area contributed by atoms with E-state index in [4.69, 9.17) is 5.73 Å². The van der Waals surface area contributed by atoms with Crippen molar-refractivity contribution >= 4 is 17.6 Å². The maximum absolute atomic E-state index is 12.8. The molecule has 4 N–H and O–H groups in total. The summed E-state index contributed by atoms with van der Waals surface area (Å²) in [4.78, 5) is 38.6. The van der Waals surface area contributed by atoms with E-state index in [2.05, 4.69) is 4.98 Å². The maximum atomic E-state index is 12.8. The normalized spacial score (nSPS) is 11.6. The van der Waals surface area contributed by atoms with Crippen molar-refractivity contribution in [1.82, 2.24) is 10.3 Å². The summed E-state index contributed by atoms with van der Waals surface area (Å²) in [6.07, 6.45) is -1.84. The lowest BCUT2D eigenvalue weighted by Gasteiger charge is -2.11. The van der Waals surface area contributed by atoms with E-state index < -0.39 is 29.6 Å². The van der Waals surface area contributed by atoms with Gasteiger partial charge in [-0.1, -0.05) is 6.07 Å². The Labute approximate surface area is 130 Å². The number of carbonyl (C=O) groups is 3. The number of nitrogens with one attached hydrogen (secondary N) is 1. The number of primary amides is 1. The second-order valence-electron chi connectivity index (χ2n) is 4.52. The molecule has 0 spiro atoms. The quantitative estimate of drug-likeness (QED) is 0.539. The van der Waals surface area contributed by atoms with Crippen LogP contribution in [0.3, 0.4) is 0 Å². The number of halogens is 1. The number of aliphatic hydroxyl groups excluding tert-OH is 1. The SMILES string of the molecule is NC(=O)c1cccc(C(=O)N[C@@H](O)C(=O)c2ccc(F)cc2)n1. The van der Waals surface area contributed by atoms with E-state index in [9.17, 15) is 23.9 Å². The number of nitrogens with zero attached hydrogens (tertiary/aromatic N) is 1. The number of rotatable bonds is 5. The van der Waals surface area contributed by atoms with Crippen LogP contribution >= 0.6 is 0 Å². The van der Waals surface area contributed by atoms with Gasteiger partial charge in [0, 0.05) is 5.56 Å². The van der Waals surface area contributed by atoms with Crippen LogP contribution in [0.1, 0.15) is 31.3 Å². The predicted molar refractivity (Wildman–Crippen MR) is 77.0 cm³/mol. The molecule has 23 heavy (non-hydrogen) atoms. The van der Waals surface area contributed by atoms with Gasteiger partial charge >= 0.3 is 0 Å². The lowest BCUT2D eigenvalue weighted by atomic mass is 10.1. The molecule has 8 heteroatoms. The number of pyridine rings is 1. The molecule has 0 saturated carbocycles. The van der Waals surface area contributed by atoms with Gasteiger partial charge in [0.25, 0.3) is 11.8 Å². The molecule has 2 rings (SSSR count). The topological polar surface area (TPSA) is 122 Å². The summed E-state index contributed by atoms with van der Waals surface area (Å²) < 4.78 is 12.8. The van der Waals surface area contributed by atoms with Crippen molar-refractivity contribution in [3.63, 3.8) is 0 Å². The number of Topliss-reactive ketones (excluding diaryl/α,β-unsaturated/α-hetero) is 1. The zero-order valence-corrected chi connectivity index (χ0v) is 11.7. The molecule has 1 aromatic heterocycles. The fourth-order valence-corrected chi connectivity index (χ4v) is 1.73. The molecule has 0 aliphatic heterocycles. The van der Waals surface area contributed by atoms with E-state index in [-0.39, 0.29) is 17.0 Å². The van der Waals surface area contributed by atoms with Crippen molar-refractivity contribution in [1.29, 1.82) is 0 Å². The third-order valence-corrected chi connectivity index (χ3v) is 2.88. The number of aromatic nitrogens is 1. The van der Waals surface area contributed by atoms with Gasteiger partial charge in [-0.05, 0) is 36.4 Å². The van der Waals surface area contributed by atoms with E-state index in [0.717, 1.165) is 12.1 Å². The molecule has 1 heterocycles. The number of aliphatic hydroxyl groups is 1. The van der Waals surface area contributed by atoms with Gasteiger partial charge in [-0.15, -0.1) is 0 Å². The largest absolute Gasteiger partial charge is 0.367 e. The van der Waals surface area contributed by atoms with E-state index in [0.29, 0.717) is 0 Å². The number of amides is 2. The van der Waals surface area contributed by atoms with Gasteiger partial charge in [0.2, 0.25) is 5.78 Å². The molecule has 7 nitrogen and oxygen atoms in total. The summed E-state index contributed by atoms with van der Waals surface area (Å²) >= 11 is 0.